The van der Waals surface area contributed by atoms with Crippen LogP contribution in [-0.2, 0) is 11.3 Å². The molecule has 130 valence electrons. The predicted octanol–water partition coefficient (Wildman–Crippen LogP) is -0.196. The first kappa shape index (κ1) is 20.0. The average Bonchev–Trinajstić information content (AvgIpc) is 2.59. The van der Waals surface area contributed by atoms with Crippen LogP contribution in [0.4, 0.5) is 5.69 Å². The van der Waals surface area contributed by atoms with Gasteiger partial charge >= 0.3 is 0 Å². The van der Waals surface area contributed by atoms with E-state index < -0.39 is 0 Å². The Labute approximate surface area is 153 Å². The minimum Gasteiger partial charge on any atom is -1.00 e. The zero-order chi connectivity index (χ0) is 16.5. The van der Waals surface area contributed by atoms with Crippen molar-refractivity contribution >= 4 is 11.6 Å². The summed E-state index contributed by atoms with van der Waals surface area (Å²) < 4.78 is 12.5. The van der Waals surface area contributed by atoms with Crippen molar-refractivity contribution in [3.8, 4) is 11.5 Å². The number of pyridine rings is 1. The fraction of sp³-hybridized carbons (Fsp3) is 0.333. The quantitative estimate of drug-likeness (QED) is 0.498. The lowest BCUT2D eigenvalue weighted by Crippen LogP contribution is -3.00. The number of nitrogens with one attached hydrogen (secondary N) is 1. The Morgan fingerprint density at radius 1 is 1.00 bits per heavy atom. The Morgan fingerprint density at radius 2 is 1.62 bits per heavy atom. The molecule has 0 spiro atoms. The molecule has 1 heterocycles. The van der Waals surface area contributed by atoms with Crippen molar-refractivity contribution in [2.24, 2.45) is 0 Å². The van der Waals surface area contributed by atoms with Crippen molar-refractivity contribution in [2.75, 3.05) is 19.5 Å². The first-order valence-corrected chi connectivity index (χ1v) is 7.68. The lowest BCUT2D eigenvalue weighted by Gasteiger charge is -2.09. The number of aryl methyl sites for hydroxylation is 1. The number of amides is 1. The largest absolute Gasteiger partial charge is 1.00 e. The smallest absolute Gasteiger partial charge is 0.224 e. The van der Waals surface area contributed by atoms with E-state index in [1.54, 1.807) is 32.4 Å². The third kappa shape index (κ3) is 6.58. The van der Waals surface area contributed by atoms with Gasteiger partial charge in [0.25, 0.3) is 0 Å². The lowest BCUT2D eigenvalue weighted by molar-refractivity contribution is -0.697. The number of aromatic nitrogens is 1. The van der Waals surface area contributed by atoms with Gasteiger partial charge in [-0.25, -0.2) is 4.57 Å². The van der Waals surface area contributed by atoms with Gasteiger partial charge in [-0.3, -0.25) is 4.79 Å². The van der Waals surface area contributed by atoms with E-state index in [0.29, 0.717) is 23.6 Å². The standard InChI is InChI=1S/C18H22N2O3.BrH/c1-22-16-12-15(13-17(14-16)23-2)19-18(21)8-4-7-11-20-9-5-3-6-10-20;/h3,5-6,9-10,12-14H,4,7-8,11H2,1-2H3;1H. The molecule has 0 unspecified atom stereocenters. The van der Waals surface area contributed by atoms with Crippen molar-refractivity contribution in [1.82, 2.24) is 0 Å². The second-order valence-electron chi connectivity index (χ2n) is 5.22. The van der Waals surface area contributed by atoms with E-state index in [2.05, 4.69) is 9.88 Å². The van der Waals surface area contributed by atoms with Crippen molar-refractivity contribution < 1.29 is 35.8 Å². The minimum atomic E-state index is -0.00151. The summed E-state index contributed by atoms with van der Waals surface area (Å²) in [7, 11) is 3.17. The molecule has 5 nitrogen and oxygen atoms in total. The number of rotatable bonds is 8. The number of hydrogen-bond donors (Lipinski definition) is 1. The molecule has 6 heteroatoms. The van der Waals surface area contributed by atoms with E-state index >= 15 is 0 Å². The second-order valence-corrected chi connectivity index (χ2v) is 5.22. The van der Waals surface area contributed by atoms with Crippen LogP contribution in [0.3, 0.4) is 0 Å². The van der Waals surface area contributed by atoms with Gasteiger partial charge in [-0.2, -0.15) is 0 Å². The summed E-state index contributed by atoms with van der Waals surface area (Å²) in [6.07, 6.45) is 6.36. The van der Waals surface area contributed by atoms with E-state index in [0.717, 1.165) is 19.4 Å². The third-order valence-electron chi connectivity index (χ3n) is 3.48. The maximum absolute atomic E-state index is 12.0. The fourth-order valence-corrected chi connectivity index (χ4v) is 2.27. The summed E-state index contributed by atoms with van der Waals surface area (Å²) in [4.78, 5) is 12.0. The number of halogens is 1. The summed E-state index contributed by atoms with van der Waals surface area (Å²) in [6, 6.07) is 11.3. The van der Waals surface area contributed by atoms with Gasteiger partial charge in [0.05, 0.1) is 14.2 Å². The van der Waals surface area contributed by atoms with Gasteiger partial charge in [0.15, 0.2) is 12.4 Å². The highest BCUT2D eigenvalue weighted by Gasteiger charge is 2.07. The Hall–Kier alpha value is -2.08. The molecular weight excluding hydrogens is 372 g/mol. The molecule has 0 saturated heterocycles. The number of carbonyl (C=O) groups excluding carboxylic acids is 1. The second kappa shape index (κ2) is 10.6. The number of methoxy groups -OCH3 is 2. The van der Waals surface area contributed by atoms with Gasteiger partial charge in [-0.15, -0.1) is 0 Å². The number of benzene rings is 1. The van der Waals surface area contributed by atoms with Crippen molar-refractivity contribution in [1.29, 1.82) is 0 Å². The van der Waals surface area contributed by atoms with E-state index in [4.69, 9.17) is 9.47 Å². The number of anilines is 1. The van der Waals surface area contributed by atoms with Gasteiger partial charge in [0, 0.05) is 48.9 Å². The van der Waals surface area contributed by atoms with Crippen molar-refractivity contribution in [2.45, 2.75) is 25.8 Å². The van der Waals surface area contributed by atoms with Crippen LogP contribution in [0, 0.1) is 0 Å². The van der Waals surface area contributed by atoms with Gasteiger partial charge in [0.1, 0.15) is 18.0 Å². The van der Waals surface area contributed by atoms with Crippen LogP contribution in [0.5, 0.6) is 11.5 Å². The topological polar surface area (TPSA) is 51.4 Å². The van der Waals surface area contributed by atoms with Crippen LogP contribution >= 0.6 is 0 Å². The van der Waals surface area contributed by atoms with E-state index in [-0.39, 0.29) is 22.9 Å². The maximum atomic E-state index is 12.0. The van der Waals surface area contributed by atoms with Crippen LogP contribution in [0.1, 0.15) is 19.3 Å². The SMILES string of the molecule is COc1cc(NC(=O)CCCC[n+]2ccccc2)cc(OC)c1.[Br-]. The Balaban J connectivity index is 0.00000288. The highest BCUT2D eigenvalue weighted by atomic mass is 79.9. The molecule has 0 bridgehead atoms. The van der Waals surface area contributed by atoms with Crippen LogP contribution in [0.2, 0.25) is 0 Å². The van der Waals surface area contributed by atoms with Gasteiger partial charge in [0.2, 0.25) is 5.91 Å². The number of unbranched alkanes of at least 4 members (excludes halogenated alkanes) is 1. The molecule has 0 aliphatic rings. The number of carbonyl (C=O) groups is 1. The van der Waals surface area contributed by atoms with Crippen LogP contribution in [0.15, 0.2) is 48.8 Å². The van der Waals surface area contributed by atoms with Crippen LogP contribution in [-0.4, -0.2) is 20.1 Å². The van der Waals surface area contributed by atoms with Crippen molar-refractivity contribution in [3.63, 3.8) is 0 Å². The molecule has 0 atom stereocenters. The lowest BCUT2D eigenvalue weighted by atomic mass is 10.2. The Kier molecular flexibility index (Phi) is 8.86. The summed E-state index contributed by atoms with van der Waals surface area (Å²) in [5.74, 6) is 1.30. The minimum absolute atomic E-state index is 0. The molecule has 24 heavy (non-hydrogen) atoms. The average molecular weight is 395 g/mol. The molecule has 0 radical (unpaired) electrons. The highest BCUT2D eigenvalue weighted by Crippen LogP contribution is 2.25. The van der Waals surface area contributed by atoms with Gasteiger partial charge in [-0.1, -0.05) is 6.07 Å². The summed E-state index contributed by atoms with van der Waals surface area (Å²) in [6.45, 7) is 0.918. The van der Waals surface area contributed by atoms with Crippen molar-refractivity contribution in [3.05, 3.63) is 48.8 Å². The van der Waals surface area contributed by atoms with E-state index in [1.807, 2.05) is 30.6 Å². The predicted molar refractivity (Wildman–Crippen MR) is 88.7 cm³/mol. The summed E-state index contributed by atoms with van der Waals surface area (Å²) in [5, 5.41) is 2.88. The Bertz CT molecular complexity index is 613. The zero-order valence-corrected chi connectivity index (χ0v) is 15.6. The van der Waals surface area contributed by atoms with Gasteiger partial charge < -0.3 is 31.8 Å². The first-order chi connectivity index (χ1) is 11.2. The monoisotopic (exact) mass is 394 g/mol. The van der Waals surface area contributed by atoms with Crippen LogP contribution in [0.25, 0.3) is 0 Å². The highest BCUT2D eigenvalue weighted by molar-refractivity contribution is 5.91. The molecular formula is C18H23BrN2O3. The molecule has 0 aliphatic carbocycles. The molecule has 0 aliphatic heterocycles. The summed E-state index contributed by atoms with van der Waals surface area (Å²) in [5.41, 5.74) is 0.684. The Morgan fingerprint density at radius 3 is 2.21 bits per heavy atom. The molecule has 0 saturated carbocycles. The fourth-order valence-electron chi connectivity index (χ4n) is 2.27. The normalized spacial score (nSPS) is 9.75. The molecule has 1 amide bonds. The zero-order valence-electron chi connectivity index (χ0n) is 14.0. The molecule has 1 N–H and O–H groups in total. The first-order valence-electron chi connectivity index (χ1n) is 7.68. The number of nitrogens with zero attached hydrogens (tertiary/aromatic N) is 1. The maximum Gasteiger partial charge on any atom is 0.224 e. The molecule has 0 fully saturated rings. The van der Waals surface area contributed by atoms with E-state index in [9.17, 15) is 4.79 Å². The molecule has 1 aromatic carbocycles. The molecule has 2 aromatic rings. The summed E-state index contributed by atoms with van der Waals surface area (Å²) >= 11 is 0. The molecule has 2 rings (SSSR count). The molecule has 1 aromatic heterocycles. The van der Waals surface area contributed by atoms with Gasteiger partial charge in [-0.05, 0) is 6.42 Å². The number of ether oxygens (including phenoxy) is 2. The number of hydrogen-bond acceptors (Lipinski definition) is 3. The van der Waals surface area contributed by atoms with Crippen LogP contribution < -0.4 is 36.3 Å². The third-order valence-corrected chi connectivity index (χ3v) is 3.48. The van der Waals surface area contributed by atoms with E-state index in [1.165, 1.54) is 0 Å².